The molecule has 2 N–H and O–H groups in total. The van der Waals surface area contributed by atoms with E-state index in [0.717, 1.165) is 67.3 Å². The second kappa shape index (κ2) is 8.19. The number of hydrogen-bond donors (Lipinski definition) is 2. The Labute approximate surface area is 174 Å². The molecular weight excluding hydrogens is 393 g/mol. The van der Waals surface area contributed by atoms with E-state index in [1.54, 1.807) is 0 Å². The van der Waals surface area contributed by atoms with Crippen molar-refractivity contribution in [2.75, 3.05) is 11.9 Å². The van der Waals surface area contributed by atoms with Crippen molar-refractivity contribution in [1.29, 1.82) is 0 Å². The highest BCUT2D eigenvalue weighted by atomic mass is 35.5. The smallest absolute Gasteiger partial charge is 0.322 e. The number of urea groups is 1. The normalized spacial score (nSPS) is 18.0. The van der Waals surface area contributed by atoms with E-state index in [2.05, 4.69) is 10.3 Å². The van der Waals surface area contributed by atoms with Crippen molar-refractivity contribution >= 4 is 23.3 Å². The number of rotatable bonds is 3. The fraction of sp³-hybridized carbons (Fsp3) is 0.455. The van der Waals surface area contributed by atoms with E-state index in [1.807, 2.05) is 11.8 Å². The van der Waals surface area contributed by atoms with Gasteiger partial charge in [0.2, 0.25) is 0 Å². The summed E-state index contributed by atoms with van der Waals surface area (Å²) >= 11 is 5.85. The molecule has 0 saturated heterocycles. The van der Waals surface area contributed by atoms with Crippen molar-refractivity contribution < 1.29 is 9.18 Å². The van der Waals surface area contributed by atoms with Gasteiger partial charge >= 0.3 is 6.03 Å². The number of amides is 2. The minimum absolute atomic E-state index is 0.0273. The van der Waals surface area contributed by atoms with E-state index in [0.29, 0.717) is 12.2 Å². The number of carbonyl (C=O) groups excluding carboxylic acids is 1. The number of fused-ring (bicyclic) bond motifs is 3. The van der Waals surface area contributed by atoms with Gasteiger partial charge in [0.15, 0.2) is 0 Å². The van der Waals surface area contributed by atoms with Crippen LogP contribution in [0.15, 0.2) is 23.0 Å². The van der Waals surface area contributed by atoms with Crippen molar-refractivity contribution in [3.8, 4) is 0 Å². The molecule has 2 amide bonds. The molecular formula is C22H25ClFN3O2. The summed E-state index contributed by atoms with van der Waals surface area (Å²) in [5, 5.41) is 2.82. The quantitative estimate of drug-likeness (QED) is 0.739. The Kier molecular flexibility index (Phi) is 5.63. The van der Waals surface area contributed by atoms with Crippen molar-refractivity contribution in [1.82, 2.24) is 9.88 Å². The van der Waals surface area contributed by atoms with Gasteiger partial charge in [-0.05, 0) is 81.2 Å². The number of benzene rings is 1. The number of nitrogens with zero attached hydrogens (tertiary/aromatic N) is 1. The Morgan fingerprint density at radius 3 is 2.72 bits per heavy atom. The molecule has 1 aromatic carbocycles. The van der Waals surface area contributed by atoms with Crippen LogP contribution in [0.25, 0.3) is 0 Å². The van der Waals surface area contributed by atoms with Crippen LogP contribution in [0.4, 0.5) is 14.9 Å². The van der Waals surface area contributed by atoms with Crippen LogP contribution in [-0.4, -0.2) is 22.5 Å². The molecule has 0 aliphatic heterocycles. The second-order valence-electron chi connectivity index (χ2n) is 7.76. The number of aromatic amines is 1. The summed E-state index contributed by atoms with van der Waals surface area (Å²) in [7, 11) is 0. The van der Waals surface area contributed by atoms with E-state index in [-0.39, 0.29) is 22.7 Å². The standard InChI is InChI=1S/C22H25ClFN3O2/c1-2-27(22(29)25-13-10-11-17(24)16(23)12-13)19-9-5-8-18-20(19)14-6-3-4-7-15(14)21(28)26-18/h10-12,19H,2-9H2,1H3,(H,25,29)(H,26,28). The summed E-state index contributed by atoms with van der Waals surface area (Å²) in [6.07, 6.45) is 6.41. The topological polar surface area (TPSA) is 65.2 Å². The Bertz CT molecular complexity index is 1000. The first-order chi connectivity index (χ1) is 14.0. The second-order valence-corrected chi connectivity index (χ2v) is 8.17. The zero-order valence-corrected chi connectivity index (χ0v) is 17.2. The molecule has 1 unspecified atom stereocenters. The summed E-state index contributed by atoms with van der Waals surface area (Å²) in [5.41, 5.74) is 4.65. The number of pyridine rings is 1. The molecule has 2 aliphatic carbocycles. The molecule has 2 aliphatic rings. The maximum atomic E-state index is 13.4. The molecule has 1 aromatic heterocycles. The molecule has 0 spiro atoms. The highest BCUT2D eigenvalue weighted by molar-refractivity contribution is 6.31. The first-order valence-corrected chi connectivity index (χ1v) is 10.7. The lowest BCUT2D eigenvalue weighted by atomic mass is 9.80. The molecule has 5 nitrogen and oxygen atoms in total. The molecule has 0 fully saturated rings. The average molecular weight is 418 g/mol. The number of halogens is 2. The lowest BCUT2D eigenvalue weighted by molar-refractivity contribution is 0.183. The van der Waals surface area contributed by atoms with Crippen molar-refractivity contribution in [2.45, 2.75) is 57.9 Å². The molecule has 2 aromatic rings. The lowest BCUT2D eigenvalue weighted by Gasteiger charge is -2.37. The molecule has 0 bridgehead atoms. The van der Waals surface area contributed by atoms with Crippen LogP contribution in [0.5, 0.6) is 0 Å². The molecule has 0 saturated carbocycles. The zero-order chi connectivity index (χ0) is 20.5. The molecule has 1 atom stereocenters. The first kappa shape index (κ1) is 20.0. The molecule has 29 heavy (non-hydrogen) atoms. The third kappa shape index (κ3) is 3.78. The van der Waals surface area contributed by atoms with Crippen LogP contribution in [0.1, 0.15) is 61.0 Å². The average Bonchev–Trinajstić information content (AvgIpc) is 2.71. The van der Waals surface area contributed by atoms with Gasteiger partial charge in [0.1, 0.15) is 5.82 Å². The van der Waals surface area contributed by atoms with Crippen LogP contribution < -0.4 is 10.9 Å². The number of hydrogen-bond acceptors (Lipinski definition) is 2. The van der Waals surface area contributed by atoms with Crippen LogP contribution in [0, 0.1) is 5.82 Å². The number of aromatic nitrogens is 1. The predicted octanol–water partition coefficient (Wildman–Crippen LogP) is 4.98. The highest BCUT2D eigenvalue weighted by Gasteiger charge is 2.33. The summed E-state index contributed by atoms with van der Waals surface area (Å²) in [6.45, 7) is 2.47. The van der Waals surface area contributed by atoms with Crippen LogP contribution in [0.2, 0.25) is 5.02 Å². The summed E-state index contributed by atoms with van der Waals surface area (Å²) in [5.74, 6) is -0.520. The van der Waals surface area contributed by atoms with Crippen molar-refractivity contribution in [2.24, 2.45) is 0 Å². The molecule has 1 heterocycles. The maximum Gasteiger partial charge on any atom is 0.322 e. The van der Waals surface area contributed by atoms with Crippen molar-refractivity contribution in [3.05, 3.63) is 61.8 Å². The number of aryl methyl sites for hydroxylation is 1. The minimum Gasteiger partial charge on any atom is -0.326 e. The van der Waals surface area contributed by atoms with Crippen molar-refractivity contribution in [3.63, 3.8) is 0 Å². The van der Waals surface area contributed by atoms with Crippen LogP contribution in [0.3, 0.4) is 0 Å². The summed E-state index contributed by atoms with van der Waals surface area (Å²) in [4.78, 5) is 30.5. The SMILES string of the molecule is CCN(C(=O)Nc1ccc(F)c(Cl)c1)C1CCCc2[nH]c(=O)c3c(c21)CCCC3. The predicted molar refractivity (Wildman–Crippen MR) is 112 cm³/mol. The van der Waals surface area contributed by atoms with E-state index in [1.165, 1.54) is 18.2 Å². The molecule has 4 rings (SSSR count). The van der Waals surface area contributed by atoms with Crippen LogP contribution in [-0.2, 0) is 19.3 Å². The fourth-order valence-corrected chi connectivity index (χ4v) is 4.90. The van der Waals surface area contributed by atoms with E-state index >= 15 is 0 Å². The van der Waals surface area contributed by atoms with Gasteiger partial charge in [0.05, 0.1) is 11.1 Å². The third-order valence-electron chi connectivity index (χ3n) is 6.04. The van der Waals surface area contributed by atoms with Gasteiger partial charge in [-0.3, -0.25) is 4.79 Å². The van der Waals surface area contributed by atoms with Gasteiger partial charge in [-0.25, -0.2) is 9.18 Å². The monoisotopic (exact) mass is 417 g/mol. The maximum absolute atomic E-state index is 13.4. The third-order valence-corrected chi connectivity index (χ3v) is 6.33. The largest absolute Gasteiger partial charge is 0.326 e. The fourth-order valence-electron chi connectivity index (χ4n) is 4.72. The summed E-state index contributed by atoms with van der Waals surface area (Å²) in [6, 6.07) is 3.83. The minimum atomic E-state index is -0.520. The molecule has 7 heteroatoms. The highest BCUT2D eigenvalue weighted by Crippen LogP contribution is 2.38. The molecule has 154 valence electrons. The Hall–Kier alpha value is -2.34. The number of nitrogens with one attached hydrogen (secondary N) is 2. The van der Waals surface area contributed by atoms with Gasteiger partial charge in [-0.2, -0.15) is 0 Å². The van der Waals surface area contributed by atoms with Gasteiger partial charge in [0.25, 0.3) is 5.56 Å². The Morgan fingerprint density at radius 2 is 2.00 bits per heavy atom. The van der Waals surface area contributed by atoms with E-state index in [4.69, 9.17) is 11.6 Å². The van der Waals surface area contributed by atoms with Gasteiger partial charge in [0, 0.05) is 23.5 Å². The first-order valence-electron chi connectivity index (χ1n) is 10.3. The number of carbonyl (C=O) groups is 1. The van der Waals surface area contributed by atoms with E-state index < -0.39 is 5.82 Å². The van der Waals surface area contributed by atoms with Gasteiger partial charge in [-0.15, -0.1) is 0 Å². The Balaban J connectivity index is 1.68. The van der Waals surface area contributed by atoms with E-state index in [9.17, 15) is 14.0 Å². The zero-order valence-electron chi connectivity index (χ0n) is 16.5. The Morgan fingerprint density at radius 1 is 1.24 bits per heavy atom. The molecule has 0 radical (unpaired) electrons. The van der Waals surface area contributed by atoms with Crippen LogP contribution >= 0.6 is 11.6 Å². The summed E-state index contributed by atoms with van der Waals surface area (Å²) < 4.78 is 13.4. The van der Waals surface area contributed by atoms with Gasteiger partial charge < -0.3 is 15.2 Å². The van der Waals surface area contributed by atoms with Gasteiger partial charge in [-0.1, -0.05) is 11.6 Å². The lowest BCUT2D eigenvalue weighted by Crippen LogP contribution is -2.41. The number of anilines is 1. The number of H-pyrrole nitrogens is 1.